The van der Waals surface area contributed by atoms with Crippen LogP contribution in [0.15, 0.2) is 35.3 Å². The van der Waals surface area contributed by atoms with E-state index >= 15 is 0 Å². The number of aromatic nitrogens is 6. The second-order valence-electron chi connectivity index (χ2n) is 6.68. The van der Waals surface area contributed by atoms with Crippen LogP contribution in [0.1, 0.15) is 37.2 Å². The number of nitrogens with one attached hydrogen (secondary N) is 3. The Morgan fingerprint density at radius 2 is 1.92 bits per heavy atom. The lowest BCUT2D eigenvalue weighted by atomic mass is 9.96. The van der Waals surface area contributed by atoms with E-state index in [9.17, 15) is 4.79 Å². The molecule has 8 nitrogen and oxygen atoms in total. The van der Waals surface area contributed by atoms with E-state index in [4.69, 9.17) is 0 Å². The molecule has 26 heavy (non-hydrogen) atoms. The Hall–Kier alpha value is -3.29. The van der Waals surface area contributed by atoms with Crippen molar-refractivity contribution in [2.24, 2.45) is 0 Å². The van der Waals surface area contributed by atoms with Crippen LogP contribution < -0.4 is 10.9 Å². The molecule has 8 heteroatoms. The normalized spacial score (nSPS) is 15.1. The highest BCUT2D eigenvalue weighted by molar-refractivity contribution is 5.81. The monoisotopic (exact) mass is 347 g/mol. The van der Waals surface area contributed by atoms with Gasteiger partial charge in [0.05, 0.1) is 0 Å². The van der Waals surface area contributed by atoms with Crippen molar-refractivity contribution in [3.05, 3.63) is 46.4 Å². The molecule has 0 unspecified atom stereocenters. The standard InChI is InChI=1S/C18H17N7O/c26-16-8-12(10-3-1-2-4-10)13-9-19-18(22-17(13)21-16)20-11-5-6-14-15(7-11)24-25-23-14/h5-10H,1-4H2,(H,23,24,25)(H2,19,20,21,22,26). The first kappa shape index (κ1) is 15.0. The molecule has 0 radical (unpaired) electrons. The van der Waals surface area contributed by atoms with Gasteiger partial charge in [0, 0.05) is 23.3 Å². The van der Waals surface area contributed by atoms with Crippen molar-refractivity contribution in [2.45, 2.75) is 31.6 Å². The van der Waals surface area contributed by atoms with Crippen molar-refractivity contribution in [3.8, 4) is 0 Å². The van der Waals surface area contributed by atoms with E-state index in [2.05, 4.69) is 35.7 Å². The Kier molecular flexibility index (Phi) is 3.41. The fourth-order valence-corrected chi connectivity index (χ4v) is 3.74. The Bertz CT molecular complexity index is 1160. The zero-order chi connectivity index (χ0) is 17.5. The molecule has 1 fully saturated rings. The van der Waals surface area contributed by atoms with Crippen molar-refractivity contribution in [1.29, 1.82) is 0 Å². The van der Waals surface area contributed by atoms with E-state index in [0.29, 0.717) is 17.5 Å². The third-order valence-electron chi connectivity index (χ3n) is 5.00. The second kappa shape index (κ2) is 5.91. The first-order chi connectivity index (χ1) is 12.8. The summed E-state index contributed by atoms with van der Waals surface area (Å²) in [7, 11) is 0. The van der Waals surface area contributed by atoms with Gasteiger partial charge in [0.15, 0.2) is 0 Å². The molecule has 0 aliphatic heterocycles. The summed E-state index contributed by atoms with van der Waals surface area (Å²) >= 11 is 0. The van der Waals surface area contributed by atoms with E-state index in [-0.39, 0.29) is 5.56 Å². The average molecular weight is 347 g/mol. The molecule has 3 heterocycles. The van der Waals surface area contributed by atoms with Crippen molar-refractivity contribution >= 4 is 33.7 Å². The quantitative estimate of drug-likeness (QED) is 0.525. The second-order valence-corrected chi connectivity index (χ2v) is 6.68. The summed E-state index contributed by atoms with van der Waals surface area (Å²) in [5.41, 5.74) is 3.87. The van der Waals surface area contributed by atoms with Gasteiger partial charge in [-0.3, -0.25) is 4.79 Å². The minimum atomic E-state index is -0.118. The van der Waals surface area contributed by atoms with E-state index in [0.717, 1.165) is 40.5 Å². The maximum Gasteiger partial charge on any atom is 0.249 e. The van der Waals surface area contributed by atoms with Gasteiger partial charge in [-0.2, -0.15) is 20.4 Å². The number of hydrogen-bond acceptors (Lipinski definition) is 6. The summed E-state index contributed by atoms with van der Waals surface area (Å²) in [6.07, 6.45) is 6.46. The minimum Gasteiger partial charge on any atom is -0.324 e. The molecule has 0 spiro atoms. The molecular weight excluding hydrogens is 330 g/mol. The molecule has 0 atom stereocenters. The van der Waals surface area contributed by atoms with Gasteiger partial charge >= 0.3 is 0 Å². The van der Waals surface area contributed by atoms with Gasteiger partial charge in [-0.05, 0) is 42.5 Å². The fourth-order valence-electron chi connectivity index (χ4n) is 3.74. The zero-order valence-corrected chi connectivity index (χ0v) is 14.0. The predicted octanol–water partition coefficient (Wildman–Crippen LogP) is 2.99. The Labute approximate surface area is 148 Å². The molecule has 0 bridgehead atoms. The number of fused-ring (bicyclic) bond motifs is 2. The highest BCUT2D eigenvalue weighted by atomic mass is 16.1. The van der Waals surface area contributed by atoms with Crippen molar-refractivity contribution < 1.29 is 0 Å². The smallest absolute Gasteiger partial charge is 0.249 e. The van der Waals surface area contributed by atoms with Crippen LogP contribution in [0, 0.1) is 0 Å². The van der Waals surface area contributed by atoms with Crippen LogP contribution in [-0.2, 0) is 0 Å². The average Bonchev–Trinajstić information content (AvgIpc) is 3.32. The van der Waals surface area contributed by atoms with Crippen molar-refractivity contribution in [3.63, 3.8) is 0 Å². The Morgan fingerprint density at radius 1 is 1.08 bits per heavy atom. The van der Waals surface area contributed by atoms with Gasteiger partial charge < -0.3 is 10.3 Å². The Morgan fingerprint density at radius 3 is 2.81 bits per heavy atom. The summed E-state index contributed by atoms with van der Waals surface area (Å²) in [5, 5.41) is 14.8. The summed E-state index contributed by atoms with van der Waals surface area (Å²) < 4.78 is 0. The summed E-state index contributed by atoms with van der Waals surface area (Å²) in [5.74, 6) is 0.858. The molecular formula is C18H17N7O. The van der Waals surface area contributed by atoms with Gasteiger partial charge in [-0.15, -0.1) is 0 Å². The SMILES string of the molecule is O=c1cc(C2CCCC2)c2cnc(Nc3ccc4n[nH]nc4c3)nc2[nH]1. The maximum absolute atomic E-state index is 12.1. The summed E-state index contributed by atoms with van der Waals surface area (Å²) in [6, 6.07) is 7.32. The molecule has 4 aromatic rings. The number of nitrogens with zero attached hydrogens (tertiary/aromatic N) is 4. The van der Waals surface area contributed by atoms with Crippen molar-refractivity contribution in [2.75, 3.05) is 5.32 Å². The lowest BCUT2D eigenvalue weighted by Gasteiger charge is -2.12. The molecule has 130 valence electrons. The van der Waals surface area contributed by atoms with Crippen LogP contribution in [0.25, 0.3) is 22.1 Å². The van der Waals surface area contributed by atoms with E-state index in [1.165, 1.54) is 12.8 Å². The van der Waals surface area contributed by atoms with E-state index in [1.807, 2.05) is 18.2 Å². The first-order valence-electron chi connectivity index (χ1n) is 8.74. The number of hydrogen-bond donors (Lipinski definition) is 3. The molecule has 5 rings (SSSR count). The highest BCUT2D eigenvalue weighted by Gasteiger charge is 2.20. The van der Waals surface area contributed by atoms with Crippen molar-refractivity contribution in [1.82, 2.24) is 30.4 Å². The van der Waals surface area contributed by atoms with E-state index in [1.54, 1.807) is 12.3 Å². The minimum absolute atomic E-state index is 0.118. The largest absolute Gasteiger partial charge is 0.324 e. The van der Waals surface area contributed by atoms with Gasteiger partial charge in [0.1, 0.15) is 16.7 Å². The number of benzene rings is 1. The Balaban J connectivity index is 1.53. The first-order valence-corrected chi connectivity index (χ1v) is 8.74. The number of anilines is 2. The third kappa shape index (κ3) is 2.59. The molecule has 3 N–H and O–H groups in total. The van der Waals surface area contributed by atoms with Crippen LogP contribution in [0.3, 0.4) is 0 Å². The number of pyridine rings is 1. The van der Waals surface area contributed by atoms with Gasteiger partial charge in [-0.25, -0.2) is 4.98 Å². The molecule has 1 aromatic carbocycles. The van der Waals surface area contributed by atoms with Crippen LogP contribution in [0.5, 0.6) is 0 Å². The van der Waals surface area contributed by atoms with Crippen LogP contribution in [0.4, 0.5) is 11.6 Å². The fraction of sp³-hybridized carbons (Fsp3) is 0.278. The molecule has 0 saturated heterocycles. The summed E-state index contributed by atoms with van der Waals surface area (Å²) in [6.45, 7) is 0. The molecule has 1 saturated carbocycles. The molecule has 1 aliphatic carbocycles. The third-order valence-corrected chi connectivity index (χ3v) is 5.00. The zero-order valence-electron chi connectivity index (χ0n) is 14.0. The lowest BCUT2D eigenvalue weighted by Crippen LogP contribution is -2.10. The topological polar surface area (TPSA) is 112 Å². The number of H-pyrrole nitrogens is 2. The summed E-state index contributed by atoms with van der Waals surface area (Å²) in [4.78, 5) is 23.9. The van der Waals surface area contributed by atoms with Crippen LogP contribution in [-0.4, -0.2) is 30.4 Å². The number of rotatable bonds is 3. The van der Waals surface area contributed by atoms with Crippen LogP contribution >= 0.6 is 0 Å². The molecule has 1 aliphatic rings. The van der Waals surface area contributed by atoms with E-state index < -0.39 is 0 Å². The molecule has 0 amide bonds. The van der Waals surface area contributed by atoms with Gasteiger partial charge in [-0.1, -0.05) is 12.8 Å². The van der Waals surface area contributed by atoms with Gasteiger partial charge in [0.25, 0.3) is 0 Å². The highest BCUT2D eigenvalue weighted by Crippen LogP contribution is 2.36. The van der Waals surface area contributed by atoms with Crippen LogP contribution in [0.2, 0.25) is 0 Å². The lowest BCUT2D eigenvalue weighted by molar-refractivity contribution is 0.727. The predicted molar refractivity (Wildman–Crippen MR) is 98.5 cm³/mol. The molecule has 3 aromatic heterocycles. The number of aromatic amines is 2. The maximum atomic E-state index is 12.1. The van der Waals surface area contributed by atoms with Gasteiger partial charge in [0.2, 0.25) is 11.5 Å².